The maximum absolute atomic E-state index is 12.4. The largest absolute Gasteiger partial charge is 0.511 e. The summed E-state index contributed by atoms with van der Waals surface area (Å²) in [5.74, 6) is 0. The third-order valence-electron chi connectivity index (χ3n) is 3.18. The first-order valence-corrected chi connectivity index (χ1v) is 9.87. The van der Waals surface area contributed by atoms with Gasteiger partial charge in [-0.05, 0) is 0 Å². The number of rotatable bonds is 3. The van der Waals surface area contributed by atoms with Crippen LogP contribution in [0.15, 0.2) is 0 Å². The minimum atomic E-state index is -5.45. The van der Waals surface area contributed by atoms with Crippen LogP contribution in [0.25, 0.3) is 0 Å². The fraction of sp³-hybridized carbons (Fsp3) is 1.00. The summed E-state index contributed by atoms with van der Waals surface area (Å²) in [4.78, 5) is 0. The molecule has 162 valence electrons. The number of halogens is 3. The molecule has 0 saturated carbocycles. The van der Waals surface area contributed by atoms with Crippen LogP contribution in [-0.2, 0) is 38.4 Å². The lowest BCUT2D eigenvalue weighted by atomic mass is 10.4. The van der Waals surface area contributed by atoms with Gasteiger partial charge in [0.1, 0.15) is 0 Å². The highest BCUT2D eigenvalue weighted by Crippen LogP contribution is 2.21. The second-order valence-electron chi connectivity index (χ2n) is 5.31. The minimum absolute atomic E-state index is 0.0569. The van der Waals surface area contributed by atoms with E-state index in [1.807, 2.05) is 0 Å². The van der Waals surface area contributed by atoms with Crippen molar-refractivity contribution >= 4 is 10.0 Å². The zero-order valence-corrected chi connectivity index (χ0v) is 15.7. The Morgan fingerprint density at radius 1 is 0.741 bits per heavy atom. The Balaban J connectivity index is 2.43. The van der Waals surface area contributed by atoms with E-state index in [9.17, 15) is 21.6 Å². The summed E-state index contributed by atoms with van der Waals surface area (Å²) in [5.41, 5.74) is -5.39. The lowest BCUT2D eigenvalue weighted by molar-refractivity contribution is -0.0601. The van der Waals surface area contributed by atoms with Gasteiger partial charge in [0, 0.05) is 6.54 Å². The summed E-state index contributed by atoms with van der Waals surface area (Å²) in [6, 6.07) is 0. The lowest BCUT2D eigenvalue weighted by Gasteiger charge is -2.19. The third-order valence-corrected chi connectivity index (χ3v) is 4.33. The summed E-state index contributed by atoms with van der Waals surface area (Å²) in [6.07, 6.45) is -0.913. The van der Waals surface area contributed by atoms with Crippen molar-refractivity contribution in [1.29, 1.82) is 0 Å². The molecule has 1 aliphatic rings. The first-order chi connectivity index (χ1) is 12.8. The van der Waals surface area contributed by atoms with Crippen LogP contribution < -0.4 is 4.72 Å². The Morgan fingerprint density at radius 3 is 1.59 bits per heavy atom. The molecule has 1 saturated heterocycles. The summed E-state index contributed by atoms with van der Waals surface area (Å²) in [5, 5.41) is 0. The number of hydrogen-bond donors (Lipinski definition) is 1. The molecule has 1 aliphatic heterocycles. The average Bonchev–Trinajstić information content (AvgIpc) is 2.59. The monoisotopic (exact) mass is 425 g/mol. The van der Waals surface area contributed by atoms with Crippen molar-refractivity contribution in [3.63, 3.8) is 0 Å². The van der Waals surface area contributed by atoms with E-state index in [0.717, 1.165) is 0 Å². The van der Waals surface area contributed by atoms with Gasteiger partial charge < -0.3 is 28.4 Å². The van der Waals surface area contributed by atoms with Gasteiger partial charge in [-0.15, -0.1) is 0 Å². The Bertz CT molecular complexity index is 459. The molecule has 0 radical (unpaired) electrons. The van der Waals surface area contributed by atoms with Crippen molar-refractivity contribution in [3.8, 4) is 0 Å². The highest BCUT2D eigenvalue weighted by atomic mass is 32.2. The van der Waals surface area contributed by atoms with Crippen molar-refractivity contribution in [1.82, 2.24) is 4.72 Å². The van der Waals surface area contributed by atoms with Crippen molar-refractivity contribution in [2.75, 3.05) is 79.2 Å². The zero-order valence-electron chi connectivity index (χ0n) is 14.9. The molecule has 0 spiro atoms. The summed E-state index contributed by atoms with van der Waals surface area (Å²) in [6.45, 7) is 2.25. The summed E-state index contributed by atoms with van der Waals surface area (Å²) >= 11 is 0. The maximum atomic E-state index is 12.4. The van der Waals surface area contributed by atoms with E-state index in [1.165, 1.54) is 4.72 Å². The fourth-order valence-corrected chi connectivity index (χ4v) is 2.39. The predicted molar refractivity (Wildman–Crippen MR) is 86.8 cm³/mol. The highest BCUT2D eigenvalue weighted by molar-refractivity contribution is 7.90. The first kappa shape index (κ1) is 24.5. The smallest absolute Gasteiger partial charge is 0.377 e. The quantitative estimate of drug-likeness (QED) is 0.670. The zero-order chi connectivity index (χ0) is 20.0. The molecule has 13 heteroatoms. The SMILES string of the molecule is O=S(=O)(NCC1COCCOCCOCCOCCOCCO1)C(F)(F)F. The molecule has 1 unspecified atom stereocenters. The average molecular weight is 425 g/mol. The molecule has 9 nitrogen and oxygen atoms in total. The van der Waals surface area contributed by atoms with E-state index < -0.39 is 28.2 Å². The van der Waals surface area contributed by atoms with Crippen LogP contribution in [0.5, 0.6) is 0 Å². The molecule has 1 heterocycles. The molecule has 1 rings (SSSR count). The number of nitrogens with one attached hydrogen (secondary N) is 1. The molecule has 1 fully saturated rings. The molecule has 0 amide bonds. The lowest BCUT2D eigenvalue weighted by Crippen LogP contribution is -2.42. The van der Waals surface area contributed by atoms with Gasteiger partial charge in [0.15, 0.2) is 0 Å². The molecular weight excluding hydrogens is 399 g/mol. The van der Waals surface area contributed by atoms with Crippen LogP contribution in [0, 0.1) is 0 Å². The normalized spacial score (nSPS) is 24.0. The van der Waals surface area contributed by atoms with Gasteiger partial charge in [0.2, 0.25) is 0 Å². The van der Waals surface area contributed by atoms with Crippen LogP contribution in [0.4, 0.5) is 13.2 Å². The third kappa shape index (κ3) is 11.8. The van der Waals surface area contributed by atoms with Crippen molar-refractivity contribution in [2.45, 2.75) is 11.6 Å². The van der Waals surface area contributed by atoms with Crippen molar-refractivity contribution in [2.24, 2.45) is 0 Å². The van der Waals surface area contributed by atoms with Gasteiger partial charge in [-0.1, -0.05) is 0 Å². The second-order valence-corrected chi connectivity index (χ2v) is 7.07. The van der Waals surface area contributed by atoms with Crippen LogP contribution in [0.3, 0.4) is 0 Å². The van der Waals surface area contributed by atoms with Gasteiger partial charge in [-0.25, -0.2) is 13.1 Å². The number of alkyl halides is 3. The highest BCUT2D eigenvalue weighted by Gasteiger charge is 2.45. The number of sulfonamides is 1. The Labute approximate surface area is 156 Å². The van der Waals surface area contributed by atoms with Gasteiger partial charge in [-0.2, -0.15) is 13.2 Å². The fourth-order valence-electron chi connectivity index (χ4n) is 1.82. The van der Waals surface area contributed by atoms with Gasteiger partial charge in [0.25, 0.3) is 0 Å². The van der Waals surface area contributed by atoms with E-state index in [0.29, 0.717) is 39.6 Å². The van der Waals surface area contributed by atoms with Crippen molar-refractivity contribution in [3.05, 3.63) is 0 Å². The Morgan fingerprint density at radius 2 is 1.15 bits per heavy atom. The van der Waals surface area contributed by atoms with Gasteiger partial charge >= 0.3 is 15.5 Å². The van der Waals surface area contributed by atoms with Crippen LogP contribution in [0.2, 0.25) is 0 Å². The van der Waals surface area contributed by atoms with E-state index in [2.05, 4.69) is 0 Å². The molecule has 0 aromatic rings. The second kappa shape index (κ2) is 13.6. The topological polar surface area (TPSA) is 102 Å². The molecule has 0 aromatic heterocycles. The molecule has 0 aromatic carbocycles. The van der Waals surface area contributed by atoms with Crippen LogP contribution >= 0.6 is 0 Å². The van der Waals surface area contributed by atoms with Gasteiger partial charge in [0.05, 0.1) is 78.8 Å². The van der Waals surface area contributed by atoms with Crippen LogP contribution in [0.1, 0.15) is 0 Å². The molecule has 27 heavy (non-hydrogen) atoms. The Kier molecular flexibility index (Phi) is 12.3. The molecule has 0 aliphatic carbocycles. The standard InChI is InChI=1S/C14H26F3NO8S/c15-14(16,17)27(19,20)18-11-13-12-25-8-7-23-4-3-21-1-2-22-5-6-24-9-10-26-13/h13,18H,1-12H2. The van der Waals surface area contributed by atoms with E-state index in [-0.39, 0.29) is 33.0 Å². The van der Waals surface area contributed by atoms with E-state index >= 15 is 0 Å². The molecule has 1 atom stereocenters. The first-order valence-electron chi connectivity index (χ1n) is 8.39. The van der Waals surface area contributed by atoms with E-state index in [1.54, 1.807) is 0 Å². The van der Waals surface area contributed by atoms with Crippen LogP contribution in [-0.4, -0.2) is 99.3 Å². The number of hydrogen-bond acceptors (Lipinski definition) is 8. The Hall–Kier alpha value is -0.540. The summed E-state index contributed by atoms with van der Waals surface area (Å²) < 4.78 is 92.5. The maximum Gasteiger partial charge on any atom is 0.511 e. The molecule has 0 bridgehead atoms. The van der Waals surface area contributed by atoms with Gasteiger partial charge in [-0.3, -0.25) is 0 Å². The van der Waals surface area contributed by atoms with Crippen molar-refractivity contribution < 1.29 is 50.0 Å². The minimum Gasteiger partial charge on any atom is -0.377 e. The van der Waals surface area contributed by atoms with E-state index in [4.69, 9.17) is 28.4 Å². The number of ether oxygens (including phenoxy) is 6. The molecular formula is C14H26F3NO8S. The molecule has 1 N–H and O–H groups in total. The summed E-state index contributed by atoms with van der Waals surface area (Å²) in [7, 11) is -5.45. The predicted octanol–water partition coefficient (Wildman–Crippen LogP) is -0.0926.